The molecule has 1 aromatic carbocycles. The fourth-order valence-electron chi connectivity index (χ4n) is 2.51. The molecule has 0 spiro atoms. The Hall–Kier alpha value is -1.24. The zero-order valence-corrected chi connectivity index (χ0v) is 11.7. The Balaban J connectivity index is 2.42. The summed E-state index contributed by atoms with van der Waals surface area (Å²) in [6, 6.07) is 8.16. The molecule has 18 heavy (non-hydrogen) atoms. The SMILES string of the molecule is COc1ccc(C(N(C)C)C2(C#N)CC2)c(Cl)c1. The highest BCUT2D eigenvalue weighted by molar-refractivity contribution is 6.31. The Kier molecular flexibility index (Phi) is 3.52. The molecule has 0 aromatic heterocycles. The Morgan fingerprint density at radius 3 is 2.50 bits per heavy atom. The van der Waals surface area contributed by atoms with Gasteiger partial charge in [-0.3, -0.25) is 0 Å². The second kappa shape index (κ2) is 4.79. The van der Waals surface area contributed by atoms with E-state index in [0.717, 1.165) is 24.2 Å². The van der Waals surface area contributed by atoms with Crippen LogP contribution in [0.1, 0.15) is 24.4 Å². The average molecular weight is 265 g/mol. The fraction of sp³-hybridized carbons (Fsp3) is 0.500. The second-order valence-corrected chi connectivity index (χ2v) is 5.43. The van der Waals surface area contributed by atoms with E-state index in [4.69, 9.17) is 16.3 Å². The third-order valence-electron chi connectivity index (χ3n) is 3.55. The molecule has 1 atom stereocenters. The molecule has 1 fully saturated rings. The van der Waals surface area contributed by atoms with Gasteiger partial charge in [-0.05, 0) is 44.6 Å². The Morgan fingerprint density at radius 2 is 2.11 bits per heavy atom. The number of hydrogen-bond donors (Lipinski definition) is 0. The van der Waals surface area contributed by atoms with E-state index < -0.39 is 0 Å². The van der Waals surface area contributed by atoms with Gasteiger partial charge in [0.15, 0.2) is 0 Å². The van der Waals surface area contributed by atoms with Gasteiger partial charge in [0.25, 0.3) is 0 Å². The van der Waals surface area contributed by atoms with Crippen LogP contribution >= 0.6 is 11.6 Å². The van der Waals surface area contributed by atoms with Crippen LogP contribution in [0.15, 0.2) is 18.2 Å². The molecule has 1 aliphatic rings. The number of rotatable bonds is 4. The summed E-state index contributed by atoms with van der Waals surface area (Å²) in [6.07, 6.45) is 1.88. The normalized spacial score (nSPS) is 18.2. The zero-order valence-electron chi connectivity index (χ0n) is 10.9. The second-order valence-electron chi connectivity index (χ2n) is 5.02. The number of halogens is 1. The van der Waals surface area contributed by atoms with E-state index in [1.807, 2.05) is 26.2 Å². The van der Waals surface area contributed by atoms with Crippen LogP contribution in [0.3, 0.4) is 0 Å². The maximum Gasteiger partial charge on any atom is 0.120 e. The summed E-state index contributed by atoms with van der Waals surface area (Å²) in [6.45, 7) is 0. The van der Waals surface area contributed by atoms with Gasteiger partial charge < -0.3 is 9.64 Å². The zero-order chi connectivity index (χ0) is 13.3. The number of hydrogen-bond acceptors (Lipinski definition) is 3. The third-order valence-corrected chi connectivity index (χ3v) is 3.88. The molecule has 0 amide bonds. The molecule has 0 radical (unpaired) electrons. The van der Waals surface area contributed by atoms with Crippen molar-refractivity contribution in [3.05, 3.63) is 28.8 Å². The van der Waals surface area contributed by atoms with Crippen molar-refractivity contribution in [1.29, 1.82) is 5.26 Å². The highest BCUT2D eigenvalue weighted by Gasteiger charge is 2.52. The number of ether oxygens (including phenoxy) is 1. The van der Waals surface area contributed by atoms with Gasteiger partial charge in [0.2, 0.25) is 0 Å². The quantitative estimate of drug-likeness (QED) is 0.838. The van der Waals surface area contributed by atoms with E-state index in [1.54, 1.807) is 13.2 Å². The first-order chi connectivity index (χ1) is 8.54. The number of nitrogens with zero attached hydrogens (tertiary/aromatic N) is 2. The van der Waals surface area contributed by atoms with Crippen LogP contribution in [0, 0.1) is 16.7 Å². The smallest absolute Gasteiger partial charge is 0.120 e. The lowest BCUT2D eigenvalue weighted by molar-refractivity contribution is 0.232. The summed E-state index contributed by atoms with van der Waals surface area (Å²) in [4.78, 5) is 2.07. The van der Waals surface area contributed by atoms with E-state index >= 15 is 0 Å². The van der Waals surface area contributed by atoms with Crippen LogP contribution in [0.4, 0.5) is 0 Å². The maximum absolute atomic E-state index is 9.38. The van der Waals surface area contributed by atoms with Crippen molar-refractivity contribution < 1.29 is 4.74 Å². The van der Waals surface area contributed by atoms with Crippen LogP contribution in [0.5, 0.6) is 5.75 Å². The van der Waals surface area contributed by atoms with Crippen molar-refractivity contribution in [2.24, 2.45) is 5.41 Å². The Morgan fingerprint density at radius 1 is 1.44 bits per heavy atom. The van der Waals surface area contributed by atoms with Crippen LogP contribution in [-0.4, -0.2) is 26.1 Å². The molecule has 1 unspecified atom stereocenters. The minimum Gasteiger partial charge on any atom is -0.497 e. The number of methoxy groups -OCH3 is 1. The predicted octanol–water partition coefficient (Wildman–Crippen LogP) is 3.26. The van der Waals surface area contributed by atoms with Crippen LogP contribution < -0.4 is 4.74 Å². The molecule has 1 aliphatic carbocycles. The van der Waals surface area contributed by atoms with Gasteiger partial charge in [-0.2, -0.15) is 5.26 Å². The molecule has 0 aliphatic heterocycles. The summed E-state index contributed by atoms with van der Waals surface area (Å²) in [5.74, 6) is 0.739. The minimum absolute atomic E-state index is 0.0425. The molecule has 3 nitrogen and oxygen atoms in total. The van der Waals surface area contributed by atoms with Gasteiger partial charge in [0.05, 0.1) is 24.6 Å². The standard InChI is InChI=1S/C14H17ClN2O/c1-17(2)13(14(9-16)6-7-14)11-5-4-10(18-3)8-12(11)15/h4-5,8,13H,6-7H2,1-3H3. The van der Waals surface area contributed by atoms with E-state index in [-0.39, 0.29) is 11.5 Å². The Labute approximate surface area is 113 Å². The van der Waals surface area contributed by atoms with E-state index in [0.29, 0.717) is 5.02 Å². The first kappa shape index (κ1) is 13.2. The monoisotopic (exact) mass is 264 g/mol. The van der Waals surface area contributed by atoms with Crippen molar-refractivity contribution in [2.75, 3.05) is 21.2 Å². The van der Waals surface area contributed by atoms with Crippen molar-refractivity contribution in [3.63, 3.8) is 0 Å². The molecular weight excluding hydrogens is 248 g/mol. The van der Waals surface area contributed by atoms with E-state index in [1.165, 1.54) is 0 Å². The minimum atomic E-state index is -0.276. The van der Waals surface area contributed by atoms with Crippen molar-refractivity contribution in [2.45, 2.75) is 18.9 Å². The lowest BCUT2D eigenvalue weighted by atomic mass is 9.90. The van der Waals surface area contributed by atoms with Crippen LogP contribution in [0.2, 0.25) is 5.02 Å². The first-order valence-corrected chi connectivity index (χ1v) is 6.33. The van der Waals surface area contributed by atoms with Crippen molar-refractivity contribution in [1.82, 2.24) is 4.90 Å². The number of benzene rings is 1. The van der Waals surface area contributed by atoms with E-state index in [9.17, 15) is 5.26 Å². The summed E-state index contributed by atoms with van der Waals surface area (Å²) >= 11 is 6.32. The molecule has 1 saturated carbocycles. The van der Waals surface area contributed by atoms with Crippen molar-refractivity contribution >= 4 is 11.6 Å². The van der Waals surface area contributed by atoms with Crippen LogP contribution in [-0.2, 0) is 0 Å². The molecule has 0 bridgehead atoms. The molecular formula is C14H17ClN2O. The summed E-state index contributed by atoms with van der Waals surface area (Å²) < 4.78 is 5.15. The van der Waals surface area contributed by atoms with Crippen LogP contribution in [0.25, 0.3) is 0 Å². The fourth-order valence-corrected chi connectivity index (χ4v) is 2.78. The van der Waals surface area contributed by atoms with Gasteiger partial charge in [0.1, 0.15) is 5.75 Å². The average Bonchev–Trinajstić information content (AvgIpc) is 3.12. The lowest BCUT2D eigenvalue weighted by Crippen LogP contribution is -2.28. The molecule has 0 N–H and O–H groups in total. The number of nitriles is 1. The molecule has 0 heterocycles. The summed E-state index contributed by atoms with van der Waals surface area (Å²) in [7, 11) is 5.59. The van der Waals surface area contributed by atoms with Gasteiger partial charge in [-0.1, -0.05) is 17.7 Å². The summed E-state index contributed by atoms with van der Waals surface area (Å²) in [5, 5.41) is 10.0. The van der Waals surface area contributed by atoms with E-state index in [2.05, 4.69) is 11.0 Å². The molecule has 4 heteroatoms. The molecule has 1 aromatic rings. The van der Waals surface area contributed by atoms with Crippen molar-refractivity contribution in [3.8, 4) is 11.8 Å². The molecule has 2 rings (SSSR count). The predicted molar refractivity (Wildman–Crippen MR) is 71.7 cm³/mol. The highest BCUT2D eigenvalue weighted by atomic mass is 35.5. The first-order valence-electron chi connectivity index (χ1n) is 5.95. The molecule has 0 saturated heterocycles. The van der Waals surface area contributed by atoms with Gasteiger partial charge in [-0.15, -0.1) is 0 Å². The van der Waals surface area contributed by atoms with Gasteiger partial charge >= 0.3 is 0 Å². The van der Waals surface area contributed by atoms with Gasteiger partial charge in [-0.25, -0.2) is 0 Å². The third kappa shape index (κ3) is 2.19. The lowest BCUT2D eigenvalue weighted by Gasteiger charge is -2.29. The maximum atomic E-state index is 9.38. The highest BCUT2D eigenvalue weighted by Crippen LogP contribution is 2.57. The Bertz CT molecular complexity index is 489. The topological polar surface area (TPSA) is 36.3 Å². The largest absolute Gasteiger partial charge is 0.497 e. The molecule has 96 valence electrons. The van der Waals surface area contributed by atoms with Gasteiger partial charge in [0, 0.05) is 5.02 Å². The summed E-state index contributed by atoms with van der Waals surface area (Å²) in [5.41, 5.74) is 0.725.